The molecule has 150 valence electrons. The van der Waals surface area contributed by atoms with Gasteiger partial charge in [0.25, 0.3) is 5.91 Å². The molecule has 3 rings (SSSR count). The van der Waals surface area contributed by atoms with Crippen LogP contribution in [0.25, 0.3) is 10.9 Å². The lowest BCUT2D eigenvalue weighted by Gasteiger charge is -2.13. The number of fused-ring (bicyclic) bond motifs is 1. The average molecular weight is 386 g/mol. The Morgan fingerprint density at radius 1 is 1.32 bits per heavy atom. The quantitative estimate of drug-likeness (QED) is 0.573. The predicted octanol–water partition coefficient (Wildman–Crippen LogP) is 1.95. The monoisotopic (exact) mass is 386 g/mol. The van der Waals surface area contributed by atoms with E-state index in [4.69, 9.17) is 4.74 Å². The van der Waals surface area contributed by atoms with Gasteiger partial charge >= 0.3 is 6.03 Å². The van der Waals surface area contributed by atoms with Crippen molar-refractivity contribution in [2.45, 2.75) is 38.6 Å². The Labute approximate surface area is 163 Å². The highest BCUT2D eigenvalue weighted by Crippen LogP contribution is 2.24. The number of H-pyrrole nitrogens is 1. The topological polar surface area (TPSA) is 104 Å². The molecule has 1 saturated heterocycles. The second-order valence-electron chi connectivity index (χ2n) is 6.86. The van der Waals surface area contributed by atoms with Crippen LogP contribution in [-0.4, -0.2) is 54.0 Å². The van der Waals surface area contributed by atoms with Crippen LogP contribution in [0.1, 0.15) is 31.7 Å². The van der Waals surface area contributed by atoms with Crippen molar-refractivity contribution >= 4 is 28.7 Å². The summed E-state index contributed by atoms with van der Waals surface area (Å²) in [6, 6.07) is 4.71. The summed E-state index contributed by atoms with van der Waals surface area (Å²) < 4.78 is 5.27. The van der Waals surface area contributed by atoms with E-state index in [0.29, 0.717) is 19.4 Å². The van der Waals surface area contributed by atoms with E-state index in [0.717, 1.165) is 28.6 Å². The number of carbonyl (C=O) groups is 3. The fourth-order valence-corrected chi connectivity index (χ4v) is 3.34. The molecule has 1 aliphatic heterocycles. The van der Waals surface area contributed by atoms with E-state index in [1.807, 2.05) is 31.3 Å². The first-order valence-corrected chi connectivity index (χ1v) is 9.56. The van der Waals surface area contributed by atoms with Gasteiger partial charge in [-0.15, -0.1) is 0 Å². The fourth-order valence-electron chi connectivity index (χ4n) is 3.34. The molecule has 3 N–H and O–H groups in total. The summed E-state index contributed by atoms with van der Waals surface area (Å²) in [5, 5.41) is 6.46. The van der Waals surface area contributed by atoms with Crippen molar-refractivity contribution in [2.75, 3.05) is 20.2 Å². The van der Waals surface area contributed by atoms with Gasteiger partial charge in [-0.2, -0.15) is 0 Å². The van der Waals surface area contributed by atoms with E-state index < -0.39 is 12.1 Å². The number of rotatable bonds is 9. The zero-order valence-corrected chi connectivity index (χ0v) is 16.2. The molecule has 1 unspecified atom stereocenters. The van der Waals surface area contributed by atoms with Crippen LogP contribution in [-0.2, 0) is 16.0 Å². The minimum absolute atomic E-state index is 0.102. The Morgan fingerprint density at radius 2 is 2.14 bits per heavy atom. The molecule has 0 radical (unpaired) electrons. The van der Waals surface area contributed by atoms with E-state index >= 15 is 0 Å². The van der Waals surface area contributed by atoms with Crippen LogP contribution in [0, 0.1) is 0 Å². The standard InChI is InChI=1S/C20H26N4O4/c1-3-9-21-18(25)7-6-17-19(26)24(20(27)23-17)10-8-13-12-22-16-5-4-14(28-2)11-15(13)16/h4-5,11-12,17,22H,3,6-10H2,1-2H3,(H,21,25)(H,23,27). The number of methoxy groups -OCH3 is 1. The second-order valence-corrected chi connectivity index (χ2v) is 6.86. The lowest BCUT2D eigenvalue weighted by molar-refractivity contribution is -0.127. The van der Waals surface area contributed by atoms with Crippen LogP contribution >= 0.6 is 0 Å². The Morgan fingerprint density at radius 3 is 2.89 bits per heavy atom. The van der Waals surface area contributed by atoms with Crippen molar-refractivity contribution in [3.8, 4) is 5.75 Å². The molecule has 0 spiro atoms. The number of carbonyl (C=O) groups excluding carboxylic acids is 3. The third-order valence-electron chi connectivity index (χ3n) is 4.92. The Kier molecular flexibility index (Phi) is 6.18. The minimum Gasteiger partial charge on any atom is -0.497 e. The largest absolute Gasteiger partial charge is 0.497 e. The van der Waals surface area contributed by atoms with E-state index in [-0.39, 0.29) is 24.8 Å². The molecule has 8 nitrogen and oxygen atoms in total. The maximum atomic E-state index is 12.5. The molecular formula is C20H26N4O4. The van der Waals surface area contributed by atoms with Crippen molar-refractivity contribution in [1.82, 2.24) is 20.5 Å². The molecule has 1 aromatic heterocycles. The van der Waals surface area contributed by atoms with E-state index in [9.17, 15) is 14.4 Å². The van der Waals surface area contributed by atoms with Gasteiger partial charge in [-0.1, -0.05) is 6.92 Å². The van der Waals surface area contributed by atoms with E-state index in [1.54, 1.807) is 7.11 Å². The molecule has 28 heavy (non-hydrogen) atoms. The molecule has 2 heterocycles. The first-order valence-electron chi connectivity index (χ1n) is 9.56. The van der Waals surface area contributed by atoms with E-state index in [1.165, 1.54) is 4.90 Å². The summed E-state index contributed by atoms with van der Waals surface area (Å²) in [4.78, 5) is 40.9. The van der Waals surface area contributed by atoms with Gasteiger partial charge in [-0.05, 0) is 43.0 Å². The highest BCUT2D eigenvalue weighted by atomic mass is 16.5. The number of imide groups is 1. The summed E-state index contributed by atoms with van der Waals surface area (Å²) in [6.45, 7) is 2.88. The highest BCUT2D eigenvalue weighted by molar-refractivity contribution is 6.04. The molecular weight excluding hydrogens is 360 g/mol. The Bertz CT molecular complexity index is 876. The zero-order chi connectivity index (χ0) is 20.1. The summed E-state index contributed by atoms with van der Waals surface area (Å²) in [5.41, 5.74) is 1.99. The smallest absolute Gasteiger partial charge is 0.324 e. The number of benzene rings is 1. The predicted molar refractivity (Wildman–Crippen MR) is 105 cm³/mol. The first kappa shape index (κ1) is 19.7. The van der Waals surface area contributed by atoms with E-state index in [2.05, 4.69) is 15.6 Å². The minimum atomic E-state index is -0.636. The van der Waals surface area contributed by atoms with Crippen molar-refractivity contribution in [2.24, 2.45) is 0 Å². The number of aromatic nitrogens is 1. The normalized spacial score (nSPS) is 16.5. The number of urea groups is 1. The molecule has 1 fully saturated rings. The van der Waals surface area contributed by atoms with Gasteiger partial charge in [0.15, 0.2) is 0 Å². The molecule has 1 aliphatic rings. The number of amides is 4. The van der Waals surface area contributed by atoms with Gasteiger partial charge < -0.3 is 20.4 Å². The third-order valence-corrected chi connectivity index (χ3v) is 4.92. The summed E-state index contributed by atoms with van der Waals surface area (Å²) in [6.07, 6.45) is 3.81. The van der Waals surface area contributed by atoms with Crippen molar-refractivity contribution in [3.63, 3.8) is 0 Å². The van der Waals surface area contributed by atoms with Crippen LogP contribution in [0.2, 0.25) is 0 Å². The molecule has 0 saturated carbocycles. The zero-order valence-electron chi connectivity index (χ0n) is 16.2. The molecule has 0 aliphatic carbocycles. The number of nitrogens with zero attached hydrogens (tertiary/aromatic N) is 1. The number of aromatic amines is 1. The van der Waals surface area contributed by atoms with Crippen molar-refractivity contribution in [1.29, 1.82) is 0 Å². The van der Waals surface area contributed by atoms with Gasteiger partial charge in [-0.3, -0.25) is 14.5 Å². The highest BCUT2D eigenvalue weighted by Gasteiger charge is 2.37. The number of hydrogen-bond donors (Lipinski definition) is 3. The van der Waals surface area contributed by atoms with Crippen LogP contribution in [0.15, 0.2) is 24.4 Å². The summed E-state index contributed by atoms with van der Waals surface area (Å²) in [7, 11) is 1.61. The second kappa shape index (κ2) is 8.77. The number of hydrogen-bond acceptors (Lipinski definition) is 4. The SMILES string of the molecule is CCCNC(=O)CCC1NC(=O)N(CCc2c[nH]c3ccc(OC)cc23)C1=O. The van der Waals surface area contributed by atoms with Crippen molar-refractivity contribution < 1.29 is 19.1 Å². The van der Waals surface area contributed by atoms with Gasteiger partial charge in [0, 0.05) is 36.6 Å². The van der Waals surface area contributed by atoms with Crippen LogP contribution in [0.3, 0.4) is 0 Å². The number of nitrogens with one attached hydrogen (secondary N) is 3. The maximum absolute atomic E-state index is 12.5. The lowest BCUT2D eigenvalue weighted by atomic mass is 10.1. The van der Waals surface area contributed by atoms with Gasteiger partial charge in [0.2, 0.25) is 5.91 Å². The molecule has 1 atom stereocenters. The van der Waals surface area contributed by atoms with Crippen LogP contribution in [0.4, 0.5) is 4.79 Å². The summed E-state index contributed by atoms with van der Waals surface area (Å²) >= 11 is 0. The van der Waals surface area contributed by atoms with Gasteiger partial charge in [0.1, 0.15) is 11.8 Å². The van der Waals surface area contributed by atoms with Gasteiger partial charge in [0.05, 0.1) is 7.11 Å². The third kappa shape index (κ3) is 4.27. The molecule has 2 aromatic rings. The van der Waals surface area contributed by atoms with Crippen LogP contribution in [0.5, 0.6) is 5.75 Å². The van der Waals surface area contributed by atoms with Gasteiger partial charge in [-0.25, -0.2) is 4.79 Å². The van der Waals surface area contributed by atoms with Crippen molar-refractivity contribution in [3.05, 3.63) is 30.0 Å². The molecule has 1 aromatic carbocycles. The average Bonchev–Trinajstić information content (AvgIpc) is 3.22. The summed E-state index contributed by atoms with van der Waals surface area (Å²) in [5.74, 6) is 0.380. The molecule has 8 heteroatoms. The number of ether oxygens (including phenoxy) is 1. The first-order chi connectivity index (χ1) is 13.5. The fraction of sp³-hybridized carbons (Fsp3) is 0.450. The Balaban J connectivity index is 1.58. The Hall–Kier alpha value is -3.03. The lowest BCUT2D eigenvalue weighted by Crippen LogP contribution is -2.34. The maximum Gasteiger partial charge on any atom is 0.324 e. The molecule has 4 amide bonds. The molecule has 0 bridgehead atoms. The van der Waals surface area contributed by atoms with Crippen LogP contribution < -0.4 is 15.4 Å².